The van der Waals surface area contributed by atoms with Gasteiger partial charge in [0.1, 0.15) is 17.5 Å². The molecule has 0 saturated carbocycles. The van der Waals surface area contributed by atoms with E-state index in [0.29, 0.717) is 23.8 Å². The first-order chi connectivity index (χ1) is 11.7. The van der Waals surface area contributed by atoms with Gasteiger partial charge < -0.3 is 10.6 Å². The van der Waals surface area contributed by atoms with Crippen molar-refractivity contribution >= 4 is 17.3 Å². The Bertz CT molecular complexity index is 853. The normalized spacial score (nSPS) is 10.0. The smallest absolute Gasteiger partial charge is 0.136 e. The van der Waals surface area contributed by atoms with Gasteiger partial charge in [0.2, 0.25) is 0 Å². The van der Waals surface area contributed by atoms with E-state index in [1.54, 1.807) is 18.3 Å². The van der Waals surface area contributed by atoms with Crippen LogP contribution in [0.2, 0.25) is 0 Å². The molecule has 24 heavy (non-hydrogen) atoms. The summed E-state index contributed by atoms with van der Waals surface area (Å²) in [6.07, 6.45) is 1.76. The summed E-state index contributed by atoms with van der Waals surface area (Å²) < 4.78 is 0. The second kappa shape index (κ2) is 7.20. The Balaban J connectivity index is 1.72. The van der Waals surface area contributed by atoms with Crippen molar-refractivity contribution in [3.05, 3.63) is 71.8 Å². The van der Waals surface area contributed by atoms with E-state index >= 15 is 0 Å². The van der Waals surface area contributed by atoms with Crippen LogP contribution in [0.25, 0.3) is 0 Å². The Morgan fingerprint density at radius 3 is 2.54 bits per heavy atom. The lowest BCUT2D eigenvalue weighted by atomic mass is 10.2. The molecule has 0 spiro atoms. The molecule has 0 aliphatic carbocycles. The van der Waals surface area contributed by atoms with Crippen LogP contribution in [0.15, 0.2) is 54.7 Å². The highest BCUT2D eigenvalue weighted by Crippen LogP contribution is 2.18. The minimum absolute atomic E-state index is 0.591. The number of pyridine rings is 1. The third kappa shape index (κ3) is 4.05. The van der Waals surface area contributed by atoms with Crippen molar-refractivity contribution in [2.75, 3.05) is 10.6 Å². The number of nitriles is 1. The number of benzene rings is 1. The highest BCUT2D eigenvalue weighted by Gasteiger charge is 2.03. The molecule has 2 heterocycles. The Kier molecular flexibility index (Phi) is 4.63. The Labute approximate surface area is 140 Å². The summed E-state index contributed by atoms with van der Waals surface area (Å²) in [5, 5.41) is 15.3. The van der Waals surface area contributed by atoms with E-state index in [4.69, 9.17) is 5.26 Å². The van der Waals surface area contributed by atoms with E-state index < -0.39 is 0 Å². The zero-order chi connectivity index (χ0) is 16.8. The average molecular weight is 316 g/mol. The monoisotopic (exact) mass is 316 g/mol. The van der Waals surface area contributed by atoms with E-state index in [1.807, 2.05) is 43.3 Å². The summed E-state index contributed by atoms with van der Waals surface area (Å²) in [6.45, 7) is 2.43. The molecule has 0 atom stereocenters. The number of rotatable bonds is 5. The number of anilines is 3. The molecule has 3 aromatic rings. The second-order valence-electron chi connectivity index (χ2n) is 5.17. The first-order valence-electron chi connectivity index (χ1n) is 7.49. The van der Waals surface area contributed by atoms with Crippen molar-refractivity contribution in [1.29, 1.82) is 5.26 Å². The van der Waals surface area contributed by atoms with Crippen LogP contribution >= 0.6 is 0 Å². The summed E-state index contributed by atoms with van der Waals surface area (Å²) in [5.74, 6) is 2.08. The lowest BCUT2D eigenvalue weighted by Crippen LogP contribution is -2.06. The summed E-state index contributed by atoms with van der Waals surface area (Å²) in [5.41, 5.74) is 2.43. The maximum absolute atomic E-state index is 8.84. The van der Waals surface area contributed by atoms with Crippen LogP contribution in [0.1, 0.15) is 17.1 Å². The van der Waals surface area contributed by atoms with Gasteiger partial charge in [-0.1, -0.05) is 6.07 Å². The molecule has 0 radical (unpaired) electrons. The molecule has 1 aromatic carbocycles. The molecule has 0 unspecified atom stereocenters. The van der Waals surface area contributed by atoms with Gasteiger partial charge in [-0.3, -0.25) is 4.98 Å². The third-order valence-corrected chi connectivity index (χ3v) is 3.30. The predicted octanol–water partition coefficient (Wildman–Crippen LogP) is 3.41. The molecule has 118 valence electrons. The molecule has 0 bridgehead atoms. The van der Waals surface area contributed by atoms with Crippen LogP contribution in [0, 0.1) is 18.3 Å². The predicted molar refractivity (Wildman–Crippen MR) is 92.8 cm³/mol. The van der Waals surface area contributed by atoms with E-state index in [9.17, 15) is 0 Å². The van der Waals surface area contributed by atoms with E-state index in [-0.39, 0.29) is 0 Å². The third-order valence-electron chi connectivity index (χ3n) is 3.30. The number of nitrogens with zero attached hydrogens (tertiary/aromatic N) is 4. The van der Waals surface area contributed by atoms with Gasteiger partial charge in [-0.15, -0.1) is 0 Å². The molecular weight excluding hydrogens is 300 g/mol. The van der Waals surface area contributed by atoms with Gasteiger partial charge in [-0.2, -0.15) is 5.26 Å². The van der Waals surface area contributed by atoms with Crippen molar-refractivity contribution in [3.63, 3.8) is 0 Å². The van der Waals surface area contributed by atoms with Crippen molar-refractivity contribution in [3.8, 4) is 6.07 Å². The molecule has 2 N–H and O–H groups in total. The standard InChI is InChI=1S/C18H16N6/c1-13-22-17(21-12-16-4-2-3-9-20-16)10-18(23-13)24-15-7-5-14(11-19)6-8-15/h2-10H,12H2,1H3,(H2,21,22,23,24). The quantitative estimate of drug-likeness (QED) is 0.750. The van der Waals surface area contributed by atoms with Crippen molar-refractivity contribution in [1.82, 2.24) is 15.0 Å². The molecule has 0 saturated heterocycles. The molecule has 2 aromatic heterocycles. The Morgan fingerprint density at radius 1 is 1.04 bits per heavy atom. The number of aromatic nitrogens is 3. The highest BCUT2D eigenvalue weighted by molar-refractivity contribution is 5.60. The maximum atomic E-state index is 8.84. The number of nitrogens with one attached hydrogen (secondary N) is 2. The lowest BCUT2D eigenvalue weighted by molar-refractivity contribution is 0.996. The maximum Gasteiger partial charge on any atom is 0.136 e. The van der Waals surface area contributed by atoms with Crippen LogP contribution in [0.4, 0.5) is 17.3 Å². The Morgan fingerprint density at radius 2 is 1.83 bits per heavy atom. The van der Waals surface area contributed by atoms with Crippen LogP contribution in [0.3, 0.4) is 0 Å². The summed E-state index contributed by atoms with van der Waals surface area (Å²) in [4.78, 5) is 13.0. The fourth-order valence-corrected chi connectivity index (χ4v) is 2.18. The number of hydrogen-bond donors (Lipinski definition) is 2. The fourth-order valence-electron chi connectivity index (χ4n) is 2.18. The molecule has 3 rings (SSSR count). The molecule has 6 nitrogen and oxygen atoms in total. The minimum atomic E-state index is 0.591. The van der Waals surface area contributed by atoms with E-state index in [2.05, 4.69) is 31.7 Å². The molecule has 6 heteroatoms. The van der Waals surface area contributed by atoms with E-state index in [1.165, 1.54) is 0 Å². The lowest BCUT2D eigenvalue weighted by Gasteiger charge is -2.10. The van der Waals surface area contributed by atoms with Crippen molar-refractivity contribution in [2.24, 2.45) is 0 Å². The summed E-state index contributed by atoms with van der Waals surface area (Å²) in [7, 11) is 0. The zero-order valence-electron chi connectivity index (χ0n) is 13.2. The molecule has 0 aliphatic rings. The first kappa shape index (κ1) is 15.4. The molecular formula is C18H16N6. The van der Waals surface area contributed by atoms with E-state index in [0.717, 1.165) is 17.2 Å². The summed E-state index contributed by atoms with van der Waals surface area (Å²) >= 11 is 0. The van der Waals surface area contributed by atoms with Crippen LogP contribution in [-0.2, 0) is 6.54 Å². The zero-order valence-corrected chi connectivity index (χ0v) is 13.2. The average Bonchev–Trinajstić information content (AvgIpc) is 2.61. The molecule has 0 fully saturated rings. The van der Waals surface area contributed by atoms with Gasteiger partial charge in [-0.05, 0) is 43.3 Å². The van der Waals surface area contributed by atoms with Gasteiger partial charge in [0, 0.05) is 18.0 Å². The largest absolute Gasteiger partial charge is 0.364 e. The number of aryl methyl sites for hydroxylation is 1. The van der Waals surface area contributed by atoms with Gasteiger partial charge >= 0.3 is 0 Å². The van der Waals surface area contributed by atoms with Crippen LogP contribution in [-0.4, -0.2) is 15.0 Å². The molecule has 0 amide bonds. The topological polar surface area (TPSA) is 86.5 Å². The first-order valence-corrected chi connectivity index (χ1v) is 7.49. The van der Waals surface area contributed by atoms with Crippen molar-refractivity contribution in [2.45, 2.75) is 13.5 Å². The Hall–Kier alpha value is -3.46. The van der Waals surface area contributed by atoms with Gasteiger partial charge in [0.15, 0.2) is 0 Å². The SMILES string of the molecule is Cc1nc(NCc2ccccn2)cc(Nc2ccc(C#N)cc2)n1. The van der Waals surface area contributed by atoms with Crippen molar-refractivity contribution < 1.29 is 0 Å². The fraction of sp³-hybridized carbons (Fsp3) is 0.111. The van der Waals surface area contributed by atoms with Crippen LogP contribution in [0.5, 0.6) is 0 Å². The number of hydrogen-bond acceptors (Lipinski definition) is 6. The molecule has 0 aliphatic heterocycles. The highest BCUT2D eigenvalue weighted by atomic mass is 15.1. The summed E-state index contributed by atoms with van der Waals surface area (Å²) in [6, 6.07) is 16.9. The second-order valence-corrected chi connectivity index (χ2v) is 5.17. The van der Waals surface area contributed by atoms with Gasteiger partial charge in [0.05, 0.1) is 23.9 Å². The van der Waals surface area contributed by atoms with Crippen LogP contribution < -0.4 is 10.6 Å². The minimum Gasteiger partial charge on any atom is -0.364 e. The van der Waals surface area contributed by atoms with Gasteiger partial charge in [-0.25, -0.2) is 9.97 Å². The van der Waals surface area contributed by atoms with Gasteiger partial charge in [0.25, 0.3) is 0 Å².